The van der Waals surface area contributed by atoms with Crippen LogP contribution in [0.15, 0.2) is 12.3 Å². The summed E-state index contributed by atoms with van der Waals surface area (Å²) in [5.41, 5.74) is 0.828. The molecule has 0 atom stereocenters. The van der Waals surface area contributed by atoms with E-state index in [1.165, 1.54) is 0 Å². The lowest BCUT2D eigenvalue weighted by molar-refractivity contribution is 0.764. The lowest BCUT2D eigenvalue weighted by Crippen LogP contribution is -1.87. The fourth-order valence-electron chi connectivity index (χ4n) is 0.691. The second kappa shape index (κ2) is 4.09. The molecule has 11 heavy (non-hydrogen) atoms. The minimum absolute atomic E-state index is 0.805. The first-order valence-electron chi connectivity index (χ1n) is 3.42. The molecule has 3 heteroatoms. The highest BCUT2D eigenvalue weighted by Gasteiger charge is 1.87. The number of nitrogens with zero attached hydrogens (tertiary/aromatic N) is 2. The van der Waals surface area contributed by atoms with Crippen LogP contribution in [0.25, 0.3) is 0 Å². The van der Waals surface area contributed by atoms with Gasteiger partial charge in [0.05, 0.1) is 0 Å². The Morgan fingerprint density at radius 2 is 2.55 bits per heavy atom. The van der Waals surface area contributed by atoms with Gasteiger partial charge in [0.2, 0.25) is 0 Å². The molecule has 1 heterocycles. The molecule has 0 amide bonds. The van der Waals surface area contributed by atoms with Gasteiger partial charge in [-0.15, -0.1) is 0 Å². The quantitative estimate of drug-likeness (QED) is 0.488. The topological polar surface area (TPSA) is 17.8 Å². The molecule has 0 saturated heterocycles. The largest absolute Gasteiger partial charge is 0.275 e. The smallest absolute Gasteiger partial charge is 0.135 e. The van der Waals surface area contributed by atoms with Gasteiger partial charge in [-0.25, -0.2) is 0 Å². The van der Waals surface area contributed by atoms with Gasteiger partial charge in [-0.3, -0.25) is 4.68 Å². The lowest BCUT2D eigenvalue weighted by Gasteiger charge is -1.81. The Hall–Kier alpha value is -0.880. The molecule has 0 saturated carbocycles. The predicted molar refractivity (Wildman–Crippen MR) is 48.6 cm³/mol. The summed E-state index contributed by atoms with van der Waals surface area (Å²) in [6, 6.07) is 1.89. The summed E-state index contributed by atoms with van der Waals surface area (Å²) < 4.78 is 1.74. The second-order valence-corrected chi connectivity index (χ2v) is 2.60. The molecule has 0 spiro atoms. The molecule has 0 radical (unpaired) electrons. The van der Waals surface area contributed by atoms with E-state index in [9.17, 15) is 0 Å². The zero-order valence-electron chi connectivity index (χ0n) is 6.41. The first kappa shape index (κ1) is 8.22. The van der Waals surface area contributed by atoms with Gasteiger partial charge in [-0.1, -0.05) is 5.92 Å². The van der Waals surface area contributed by atoms with Gasteiger partial charge in [0, 0.05) is 25.4 Å². The van der Waals surface area contributed by atoms with E-state index >= 15 is 0 Å². The van der Waals surface area contributed by atoms with Crippen LogP contribution < -0.4 is 0 Å². The van der Waals surface area contributed by atoms with Crippen molar-refractivity contribution < 1.29 is 0 Å². The van der Waals surface area contributed by atoms with Crippen LogP contribution in [0.4, 0.5) is 0 Å². The van der Waals surface area contributed by atoms with Crippen LogP contribution in [0.5, 0.6) is 0 Å². The van der Waals surface area contributed by atoms with Crippen LogP contribution in [0.1, 0.15) is 12.1 Å². The van der Waals surface area contributed by atoms with Crippen LogP contribution in [0, 0.1) is 11.8 Å². The highest BCUT2D eigenvalue weighted by atomic mass is 32.1. The van der Waals surface area contributed by atoms with Gasteiger partial charge in [-0.2, -0.15) is 17.7 Å². The fraction of sp³-hybridized carbons (Fsp3) is 0.375. The first-order valence-corrected chi connectivity index (χ1v) is 4.05. The van der Waals surface area contributed by atoms with Crippen molar-refractivity contribution >= 4 is 12.6 Å². The zero-order valence-corrected chi connectivity index (χ0v) is 7.30. The average Bonchev–Trinajstić information content (AvgIpc) is 2.37. The number of aromatic nitrogens is 2. The van der Waals surface area contributed by atoms with E-state index in [4.69, 9.17) is 0 Å². The maximum Gasteiger partial charge on any atom is 0.135 e. The Labute approximate surface area is 72.0 Å². The minimum atomic E-state index is 0.805. The van der Waals surface area contributed by atoms with Crippen molar-refractivity contribution in [3.63, 3.8) is 0 Å². The van der Waals surface area contributed by atoms with Crippen LogP contribution >= 0.6 is 12.6 Å². The molecule has 0 aliphatic heterocycles. The van der Waals surface area contributed by atoms with Gasteiger partial charge in [0.25, 0.3) is 0 Å². The predicted octanol–water partition coefficient (Wildman–Crippen LogP) is 1.09. The van der Waals surface area contributed by atoms with E-state index in [0.717, 1.165) is 17.9 Å². The van der Waals surface area contributed by atoms with Crippen molar-refractivity contribution in [3.8, 4) is 11.8 Å². The van der Waals surface area contributed by atoms with Crippen molar-refractivity contribution in [1.82, 2.24) is 9.78 Å². The molecule has 0 unspecified atom stereocenters. The zero-order chi connectivity index (χ0) is 8.10. The number of aryl methyl sites for hydroxylation is 1. The maximum atomic E-state index is 4.10. The SMILES string of the molecule is Cn1ccc(C#CCCS)n1. The average molecular weight is 166 g/mol. The molecule has 2 nitrogen and oxygen atoms in total. The van der Waals surface area contributed by atoms with E-state index < -0.39 is 0 Å². The standard InChI is InChI=1S/C8H10N2S/c1-10-6-5-8(9-10)4-2-3-7-11/h5-6,11H,3,7H2,1H3. The Balaban J connectivity index is 2.59. The minimum Gasteiger partial charge on any atom is -0.275 e. The summed E-state index contributed by atoms with van der Waals surface area (Å²) in [6.07, 6.45) is 2.70. The van der Waals surface area contributed by atoms with Crippen LogP contribution in [0.3, 0.4) is 0 Å². The van der Waals surface area contributed by atoms with Crippen molar-refractivity contribution in [2.24, 2.45) is 7.05 Å². The van der Waals surface area contributed by atoms with E-state index in [0.29, 0.717) is 0 Å². The maximum absolute atomic E-state index is 4.10. The van der Waals surface area contributed by atoms with E-state index in [-0.39, 0.29) is 0 Å². The summed E-state index contributed by atoms with van der Waals surface area (Å²) in [4.78, 5) is 0. The van der Waals surface area contributed by atoms with E-state index in [2.05, 4.69) is 29.6 Å². The van der Waals surface area contributed by atoms with E-state index in [1.807, 2.05) is 19.3 Å². The number of hydrogen-bond acceptors (Lipinski definition) is 2. The van der Waals surface area contributed by atoms with Gasteiger partial charge < -0.3 is 0 Å². The van der Waals surface area contributed by atoms with Crippen LogP contribution in [-0.2, 0) is 7.05 Å². The first-order chi connectivity index (χ1) is 5.33. The molecule has 1 aromatic rings. The van der Waals surface area contributed by atoms with Gasteiger partial charge >= 0.3 is 0 Å². The molecule has 1 aromatic heterocycles. The van der Waals surface area contributed by atoms with Gasteiger partial charge in [-0.05, 0) is 12.0 Å². The van der Waals surface area contributed by atoms with Crippen molar-refractivity contribution in [3.05, 3.63) is 18.0 Å². The van der Waals surface area contributed by atoms with Crippen LogP contribution in [0.2, 0.25) is 0 Å². The Bertz CT molecular complexity index is 280. The van der Waals surface area contributed by atoms with Crippen molar-refractivity contribution in [2.45, 2.75) is 6.42 Å². The molecule has 0 aliphatic rings. The highest BCUT2D eigenvalue weighted by Crippen LogP contribution is 1.90. The molecular formula is C8H10N2S. The van der Waals surface area contributed by atoms with E-state index in [1.54, 1.807) is 4.68 Å². The second-order valence-electron chi connectivity index (χ2n) is 2.15. The van der Waals surface area contributed by atoms with Gasteiger partial charge in [0.15, 0.2) is 0 Å². The molecule has 0 aromatic carbocycles. The van der Waals surface area contributed by atoms with Crippen molar-refractivity contribution in [1.29, 1.82) is 0 Å². The molecule has 0 aliphatic carbocycles. The Morgan fingerprint density at radius 3 is 3.09 bits per heavy atom. The molecular weight excluding hydrogens is 156 g/mol. The molecule has 0 bridgehead atoms. The summed E-state index contributed by atoms with van der Waals surface area (Å²) in [5, 5.41) is 4.10. The summed E-state index contributed by atoms with van der Waals surface area (Å²) in [5.74, 6) is 6.70. The van der Waals surface area contributed by atoms with Gasteiger partial charge in [0.1, 0.15) is 5.69 Å². The third-order valence-corrected chi connectivity index (χ3v) is 1.39. The Morgan fingerprint density at radius 1 is 1.73 bits per heavy atom. The molecule has 58 valence electrons. The third kappa shape index (κ3) is 2.69. The number of thiol groups is 1. The highest BCUT2D eigenvalue weighted by molar-refractivity contribution is 7.80. The monoisotopic (exact) mass is 166 g/mol. The summed E-state index contributed by atoms with van der Waals surface area (Å²) in [6.45, 7) is 0. The molecule has 0 fully saturated rings. The normalized spacial score (nSPS) is 8.91. The number of hydrogen-bond donors (Lipinski definition) is 1. The summed E-state index contributed by atoms with van der Waals surface area (Å²) >= 11 is 4.04. The molecule has 1 rings (SSSR count). The Kier molecular flexibility index (Phi) is 3.06. The lowest BCUT2D eigenvalue weighted by atomic mass is 10.4. The number of rotatable bonds is 1. The summed E-state index contributed by atoms with van der Waals surface area (Å²) in [7, 11) is 1.88. The third-order valence-electron chi connectivity index (χ3n) is 1.17. The molecule has 0 N–H and O–H groups in total. The van der Waals surface area contributed by atoms with Crippen LogP contribution in [-0.4, -0.2) is 15.5 Å². The fourth-order valence-corrected chi connectivity index (χ4v) is 0.803. The van der Waals surface area contributed by atoms with Crippen molar-refractivity contribution in [2.75, 3.05) is 5.75 Å².